The lowest BCUT2D eigenvalue weighted by atomic mass is 10.0. The first-order valence-corrected chi connectivity index (χ1v) is 7.88. The molecule has 1 aliphatic heterocycles. The standard InChI is InChI=1S/C16H17BrFN3/c17-12-1-2-15(18)16(11-12)20-13-5-9-21(10-6-13)14-3-7-19-8-4-14/h1-4,7-8,11,13,20H,5-6,9-10H2. The van der Waals surface area contributed by atoms with E-state index in [0.717, 1.165) is 30.4 Å². The van der Waals surface area contributed by atoms with Crippen molar-refractivity contribution in [1.29, 1.82) is 0 Å². The van der Waals surface area contributed by atoms with Crippen molar-refractivity contribution in [1.82, 2.24) is 4.98 Å². The summed E-state index contributed by atoms with van der Waals surface area (Å²) < 4.78 is 14.7. The molecule has 3 nitrogen and oxygen atoms in total. The Bertz CT molecular complexity index is 598. The number of nitrogens with one attached hydrogen (secondary N) is 1. The minimum atomic E-state index is -0.199. The lowest BCUT2D eigenvalue weighted by Gasteiger charge is -2.34. The molecule has 0 saturated carbocycles. The van der Waals surface area contributed by atoms with Crippen LogP contribution in [0, 0.1) is 5.82 Å². The van der Waals surface area contributed by atoms with Crippen LogP contribution in [0.5, 0.6) is 0 Å². The molecule has 0 bridgehead atoms. The van der Waals surface area contributed by atoms with Crippen molar-refractivity contribution in [2.24, 2.45) is 0 Å². The highest BCUT2D eigenvalue weighted by atomic mass is 79.9. The summed E-state index contributed by atoms with van der Waals surface area (Å²) in [6.45, 7) is 1.94. The zero-order valence-corrected chi connectivity index (χ0v) is 13.2. The number of anilines is 2. The van der Waals surface area contributed by atoms with Gasteiger partial charge in [0.1, 0.15) is 5.82 Å². The van der Waals surface area contributed by atoms with Crippen LogP contribution >= 0.6 is 15.9 Å². The van der Waals surface area contributed by atoms with Gasteiger partial charge in [0.25, 0.3) is 0 Å². The number of pyridine rings is 1. The monoisotopic (exact) mass is 349 g/mol. The number of hydrogen-bond donors (Lipinski definition) is 1. The second kappa shape index (κ2) is 6.43. The molecule has 0 radical (unpaired) electrons. The van der Waals surface area contributed by atoms with Gasteiger partial charge in [0.15, 0.2) is 0 Å². The van der Waals surface area contributed by atoms with Crippen LogP contribution in [0.15, 0.2) is 47.2 Å². The van der Waals surface area contributed by atoms with E-state index < -0.39 is 0 Å². The maximum Gasteiger partial charge on any atom is 0.146 e. The van der Waals surface area contributed by atoms with Gasteiger partial charge in [0.2, 0.25) is 0 Å². The second-order valence-corrected chi connectivity index (χ2v) is 6.15. The Balaban J connectivity index is 1.60. The lowest BCUT2D eigenvalue weighted by molar-refractivity contribution is 0.522. The van der Waals surface area contributed by atoms with Gasteiger partial charge in [0.05, 0.1) is 5.69 Å². The number of halogens is 2. The quantitative estimate of drug-likeness (QED) is 0.905. The van der Waals surface area contributed by atoms with Gasteiger partial charge in [0, 0.05) is 41.7 Å². The minimum Gasteiger partial charge on any atom is -0.380 e. The van der Waals surface area contributed by atoms with Crippen molar-refractivity contribution < 1.29 is 4.39 Å². The minimum absolute atomic E-state index is 0.199. The predicted octanol–water partition coefficient (Wildman–Crippen LogP) is 4.06. The van der Waals surface area contributed by atoms with Crippen LogP contribution in [0.4, 0.5) is 15.8 Å². The van der Waals surface area contributed by atoms with E-state index in [1.807, 2.05) is 24.5 Å². The largest absolute Gasteiger partial charge is 0.380 e. The fourth-order valence-corrected chi connectivity index (χ4v) is 3.03. The van der Waals surface area contributed by atoms with E-state index in [0.29, 0.717) is 11.7 Å². The van der Waals surface area contributed by atoms with Gasteiger partial charge in [-0.05, 0) is 43.2 Å². The zero-order chi connectivity index (χ0) is 14.7. The Labute approximate surface area is 132 Å². The summed E-state index contributed by atoms with van der Waals surface area (Å²) in [4.78, 5) is 6.39. The van der Waals surface area contributed by atoms with E-state index in [1.54, 1.807) is 12.1 Å². The van der Waals surface area contributed by atoms with Crippen LogP contribution in [0.25, 0.3) is 0 Å². The fraction of sp³-hybridized carbons (Fsp3) is 0.312. The molecule has 1 fully saturated rings. The molecule has 21 heavy (non-hydrogen) atoms. The van der Waals surface area contributed by atoms with Crippen LogP contribution in [-0.4, -0.2) is 24.1 Å². The SMILES string of the molecule is Fc1ccc(Br)cc1NC1CCN(c2ccncc2)CC1. The molecule has 0 unspecified atom stereocenters. The first-order valence-electron chi connectivity index (χ1n) is 7.09. The molecular weight excluding hydrogens is 333 g/mol. The molecule has 1 N–H and O–H groups in total. The molecule has 0 aliphatic carbocycles. The van der Waals surface area contributed by atoms with Gasteiger partial charge in [-0.3, -0.25) is 4.98 Å². The molecule has 5 heteroatoms. The van der Waals surface area contributed by atoms with E-state index in [1.165, 1.54) is 11.8 Å². The highest BCUT2D eigenvalue weighted by molar-refractivity contribution is 9.10. The average molecular weight is 350 g/mol. The topological polar surface area (TPSA) is 28.2 Å². The third-order valence-corrected chi connectivity index (χ3v) is 4.30. The number of aromatic nitrogens is 1. The van der Waals surface area contributed by atoms with Crippen LogP contribution in [0.2, 0.25) is 0 Å². The highest BCUT2D eigenvalue weighted by Gasteiger charge is 2.20. The third kappa shape index (κ3) is 3.53. The van der Waals surface area contributed by atoms with Gasteiger partial charge in [-0.15, -0.1) is 0 Å². The lowest BCUT2D eigenvalue weighted by Crippen LogP contribution is -2.39. The van der Waals surface area contributed by atoms with Crippen molar-refractivity contribution in [3.05, 3.63) is 53.0 Å². The number of nitrogens with zero attached hydrogens (tertiary/aromatic N) is 2. The third-order valence-electron chi connectivity index (χ3n) is 3.81. The van der Waals surface area contributed by atoms with Gasteiger partial charge in [-0.1, -0.05) is 15.9 Å². The molecule has 1 aromatic carbocycles. The molecular formula is C16H17BrFN3. The van der Waals surface area contributed by atoms with Crippen molar-refractivity contribution in [2.75, 3.05) is 23.3 Å². The Morgan fingerprint density at radius 2 is 1.86 bits per heavy atom. The van der Waals surface area contributed by atoms with Crippen LogP contribution in [-0.2, 0) is 0 Å². The molecule has 1 aromatic heterocycles. The Hall–Kier alpha value is -1.62. The van der Waals surface area contributed by atoms with Gasteiger partial charge < -0.3 is 10.2 Å². The molecule has 3 rings (SSSR count). The summed E-state index contributed by atoms with van der Waals surface area (Å²) in [5.41, 5.74) is 1.78. The summed E-state index contributed by atoms with van der Waals surface area (Å²) >= 11 is 3.38. The summed E-state index contributed by atoms with van der Waals surface area (Å²) in [6, 6.07) is 9.37. The fourth-order valence-electron chi connectivity index (χ4n) is 2.66. The summed E-state index contributed by atoms with van der Waals surface area (Å²) in [6.07, 6.45) is 5.62. The highest BCUT2D eigenvalue weighted by Crippen LogP contribution is 2.24. The Morgan fingerprint density at radius 3 is 2.57 bits per heavy atom. The van der Waals surface area contributed by atoms with Crippen molar-refractivity contribution in [3.8, 4) is 0 Å². The summed E-state index contributed by atoms with van der Waals surface area (Å²) in [7, 11) is 0. The average Bonchev–Trinajstić information content (AvgIpc) is 2.53. The summed E-state index contributed by atoms with van der Waals surface area (Å²) in [5, 5.41) is 3.32. The van der Waals surface area contributed by atoms with E-state index in [9.17, 15) is 4.39 Å². The molecule has 0 amide bonds. The van der Waals surface area contributed by atoms with Gasteiger partial charge in [-0.25, -0.2) is 4.39 Å². The molecule has 2 aromatic rings. The van der Waals surface area contributed by atoms with Crippen molar-refractivity contribution in [2.45, 2.75) is 18.9 Å². The van der Waals surface area contributed by atoms with E-state index in [4.69, 9.17) is 0 Å². The Kier molecular flexibility index (Phi) is 4.39. The van der Waals surface area contributed by atoms with Crippen molar-refractivity contribution >= 4 is 27.3 Å². The number of hydrogen-bond acceptors (Lipinski definition) is 3. The first kappa shape index (κ1) is 14.3. The van der Waals surface area contributed by atoms with Gasteiger partial charge in [-0.2, -0.15) is 0 Å². The van der Waals surface area contributed by atoms with Crippen molar-refractivity contribution in [3.63, 3.8) is 0 Å². The predicted molar refractivity (Wildman–Crippen MR) is 87.2 cm³/mol. The number of rotatable bonds is 3. The van der Waals surface area contributed by atoms with E-state index >= 15 is 0 Å². The molecule has 2 heterocycles. The zero-order valence-electron chi connectivity index (χ0n) is 11.6. The molecule has 1 saturated heterocycles. The molecule has 110 valence electrons. The van der Waals surface area contributed by atoms with E-state index in [2.05, 4.69) is 31.1 Å². The van der Waals surface area contributed by atoms with Crippen LogP contribution in [0.3, 0.4) is 0 Å². The van der Waals surface area contributed by atoms with Crippen LogP contribution < -0.4 is 10.2 Å². The maximum atomic E-state index is 13.8. The number of piperidine rings is 1. The second-order valence-electron chi connectivity index (χ2n) is 5.24. The van der Waals surface area contributed by atoms with E-state index in [-0.39, 0.29) is 5.82 Å². The summed E-state index contributed by atoms with van der Waals surface area (Å²) in [5.74, 6) is -0.199. The Morgan fingerprint density at radius 1 is 1.14 bits per heavy atom. The molecule has 0 spiro atoms. The molecule has 0 atom stereocenters. The molecule has 1 aliphatic rings. The normalized spacial score (nSPS) is 16.0. The number of benzene rings is 1. The first-order chi connectivity index (χ1) is 10.2. The maximum absolute atomic E-state index is 13.8. The van der Waals surface area contributed by atoms with Gasteiger partial charge >= 0.3 is 0 Å². The van der Waals surface area contributed by atoms with Crippen LogP contribution in [0.1, 0.15) is 12.8 Å². The smallest absolute Gasteiger partial charge is 0.146 e.